The zero-order valence-electron chi connectivity index (χ0n) is 10.7. The SMILES string of the molecule is CC.CCCN1CCCC(C(=O)NC)C1. The van der Waals surface area contributed by atoms with Gasteiger partial charge in [-0.3, -0.25) is 4.79 Å². The monoisotopic (exact) mass is 214 g/mol. The van der Waals surface area contributed by atoms with Gasteiger partial charge < -0.3 is 10.2 Å². The maximum absolute atomic E-state index is 11.4. The minimum Gasteiger partial charge on any atom is -0.359 e. The highest BCUT2D eigenvalue weighted by atomic mass is 16.1. The van der Waals surface area contributed by atoms with Gasteiger partial charge in [0.15, 0.2) is 0 Å². The molecule has 0 aromatic carbocycles. The van der Waals surface area contributed by atoms with Crippen molar-refractivity contribution in [3.05, 3.63) is 0 Å². The van der Waals surface area contributed by atoms with Gasteiger partial charge in [-0.1, -0.05) is 20.8 Å². The van der Waals surface area contributed by atoms with Crippen LogP contribution in [-0.4, -0.2) is 37.5 Å². The normalized spacial score (nSPS) is 21.5. The van der Waals surface area contributed by atoms with Crippen molar-refractivity contribution in [2.24, 2.45) is 5.92 Å². The molecule has 15 heavy (non-hydrogen) atoms. The molecule has 0 saturated carbocycles. The van der Waals surface area contributed by atoms with Crippen LogP contribution in [0.25, 0.3) is 0 Å². The Balaban J connectivity index is 0.000000921. The van der Waals surface area contributed by atoms with E-state index in [1.54, 1.807) is 7.05 Å². The van der Waals surface area contributed by atoms with Crippen molar-refractivity contribution in [2.75, 3.05) is 26.7 Å². The Labute approximate surface area is 94.2 Å². The maximum atomic E-state index is 11.4. The molecule has 0 spiro atoms. The first-order valence-electron chi connectivity index (χ1n) is 6.22. The Bertz CT molecular complexity index is 169. The van der Waals surface area contributed by atoms with E-state index >= 15 is 0 Å². The Hall–Kier alpha value is -0.570. The fraction of sp³-hybridized carbons (Fsp3) is 0.917. The first-order chi connectivity index (χ1) is 7.27. The van der Waals surface area contributed by atoms with Crippen LogP contribution in [0.5, 0.6) is 0 Å². The summed E-state index contributed by atoms with van der Waals surface area (Å²) < 4.78 is 0. The van der Waals surface area contributed by atoms with Crippen molar-refractivity contribution in [1.82, 2.24) is 10.2 Å². The van der Waals surface area contributed by atoms with Crippen LogP contribution in [0.3, 0.4) is 0 Å². The van der Waals surface area contributed by atoms with E-state index in [-0.39, 0.29) is 11.8 Å². The van der Waals surface area contributed by atoms with Gasteiger partial charge in [-0.15, -0.1) is 0 Å². The van der Waals surface area contributed by atoms with Crippen LogP contribution < -0.4 is 5.32 Å². The van der Waals surface area contributed by atoms with Gasteiger partial charge in [0, 0.05) is 13.6 Å². The summed E-state index contributed by atoms with van der Waals surface area (Å²) in [4.78, 5) is 13.8. The van der Waals surface area contributed by atoms with Crippen LogP contribution in [-0.2, 0) is 4.79 Å². The second kappa shape index (κ2) is 8.72. The second-order valence-corrected chi connectivity index (χ2v) is 3.75. The Morgan fingerprint density at radius 1 is 1.47 bits per heavy atom. The first-order valence-corrected chi connectivity index (χ1v) is 6.22. The molecule has 1 rings (SSSR count). The topological polar surface area (TPSA) is 32.3 Å². The molecule has 1 N–H and O–H groups in total. The molecule has 3 nitrogen and oxygen atoms in total. The summed E-state index contributed by atoms with van der Waals surface area (Å²) >= 11 is 0. The van der Waals surface area contributed by atoms with Crippen LogP contribution in [0.1, 0.15) is 40.0 Å². The third-order valence-electron chi connectivity index (χ3n) is 2.66. The van der Waals surface area contributed by atoms with Crippen molar-refractivity contribution in [2.45, 2.75) is 40.0 Å². The number of carbonyl (C=O) groups is 1. The zero-order chi connectivity index (χ0) is 11.7. The average molecular weight is 214 g/mol. The molecule has 0 aromatic rings. The summed E-state index contributed by atoms with van der Waals surface area (Å²) in [5, 5.41) is 2.73. The lowest BCUT2D eigenvalue weighted by atomic mass is 9.97. The number of piperidine rings is 1. The van der Waals surface area contributed by atoms with Gasteiger partial charge in [0.1, 0.15) is 0 Å². The second-order valence-electron chi connectivity index (χ2n) is 3.75. The van der Waals surface area contributed by atoms with Gasteiger partial charge in [0.25, 0.3) is 0 Å². The largest absolute Gasteiger partial charge is 0.359 e. The molecule has 0 aromatic heterocycles. The van der Waals surface area contributed by atoms with E-state index in [4.69, 9.17) is 0 Å². The lowest BCUT2D eigenvalue weighted by Crippen LogP contribution is -2.42. The third-order valence-corrected chi connectivity index (χ3v) is 2.66. The van der Waals surface area contributed by atoms with Crippen LogP contribution in [0.4, 0.5) is 0 Å². The van der Waals surface area contributed by atoms with E-state index in [9.17, 15) is 4.79 Å². The number of amides is 1. The van der Waals surface area contributed by atoms with Crippen molar-refractivity contribution < 1.29 is 4.79 Å². The molecular formula is C12H26N2O. The van der Waals surface area contributed by atoms with Crippen molar-refractivity contribution in [1.29, 1.82) is 0 Å². The zero-order valence-corrected chi connectivity index (χ0v) is 10.7. The number of rotatable bonds is 3. The molecule has 1 aliphatic rings. The Morgan fingerprint density at radius 2 is 2.13 bits per heavy atom. The van der Waals surface area contributed by atoms with Gasteiger partial charge in [-0.05, 0) is 32.4 Å². The highest BCUT2D eigenvalue weighted by molar-refractivity contribution is 5.78. The summed E-state index contributed by atoms with van der Waals surface area (Å²) in [5.74, 6) is 0.436. The summed E-state index contributed by atoms with van der Waals surface area (Å²) in [6, 6.07) is 0. The molecule has 1 saturated heterocycles. The molecule has 3 heteroatoms. The minimum atomic E-state index is 0.209. The minimum absolute atomic E-state index is 0.209. The molecule has 0 bridgehead atoms. The number of nitrogens with zero attached hydrogens (tertiary/aromatic N) is 1. The van der Waals surface area contributed by atoms with Crippen LogP contribution in [0.2, 0.25) is 0 Å². The van der Waals surface area contributed by atoms with E-state index in [1.165, 1.54) is 13.0 Å². The summed E-state index contributed by atoms with van der Waals surface area (Å²) in [7, 11) is 1.72. The molecule has 1 atom stereocenters. The average Bonchev–Trinajstić information content (AvgIpc) is 2.31. The summed E-state index contributed by atoms with van der Waals surface area (Å²) in [6.45, 7) is 9.44. The third kappa shape index (κ3) is 5.17. The van der Waals surface area contributed by atoms with Crippen molar-refractivity contribution in [3.8, 4) is 0 Å². The highest BCUT2D eigenvalue weighted by Crippen LogP contribution is 2.16. The molecule has 0 aliphatic carbocycles. The highest BCUT2D eigenvalue weighted by Gasteiger charge is 2.23. The molecule has 1 aliphatic heterocycles. The fourth-order valence-corrected chi connectivity index (χ4v) is 1.99. The van der Waals surface area contributed by atoms with Gasteiger partial charge >= 0.3 is 0 Å². The van der Waals surface area contributed by atoms with Gasteiger partial charge in [-0.25, -0.2) is 0 Å². The van der Waals surface area contributed by atoms with Crippen molar-refractivity contribution in [3.63, 3.8) is 0 Å². The number of carbonyl (C=O) groups excluding carboxylic acids is 1. The fourth-order valence-electron chi connectivity index (χ4n) is 1.99. The van der Waals surface area contributed by atoms with E-state index in [1.807, 2.05) is 13.8 Å². The van der Waals surface area contributed by atoms with Crippen molar-refractivity contribution >= 4 is 5.91 Å². The number of nitrogens with one attached hydrogen (secondary N) is 1. The first kappa shape index (κ1) is 14.4. The molecular weight excluding hydrogens is 188 g/mol. The standard InChI is InChI=1S/C10H20N2O.C2H6/c1-3-6-12-7-4-5-9(8-12)10(13)11-2;1-2/h9H,3-8H2,1-2H3,(H,11,13);1-2H3. The van der Waals surface area contributed by atoms with E-state index in [0.717, 1.165) is 25.9 Å². The number of hydrogen-bond donors (Lipinski definition) is 1. The summed E-state index contributed by atoms with van der Waals surface area (Å²) in [5.41, 5.74) is 0. The number of hydrogen-bond acceptors (Lipinski definition) is 2. The Kier molecular flexibility index (Phi) is 8.38. The predicted octanol–water partition coefficient (Wildman–Crippen LogP) is 1.88. The van der Waals surface area contributed by atoms with E-state index in [0.29, 0.717) is 0 Å². The van der Waals surface area contributed by atoms with E-state index < -0.39 is 0 Å². The van der Waals surface area contributed by atoms with Gasteiger partial charge in [0.05, 0.1) is 5.92 Å². The van der Waals surface area contributed by atoms with Gasteiger partial charge in [-0.2, -0.15) is 0 Å². The molecule has 1 amide bonds. The molecule has 1 heterocycles. The van der Waals surface area contributed by atoms with E-state index in [2.05, 4.69) is 17.1 Å². The maximum Gasteiger partial charge on any atom is 0.224 e. The molecule has 1 unspecified atom stereocenters. The smallest absolute Gasteiger partial charge is 0.224 e. The van der Waals surface area contributed by atoms with Crippen LogP contribution in [0.15, 0.2) is 0 Å². The molecule has 0 radical (unpaired) electrons. The summed E-state index contributed by atoms with van der Waals surface area (Å²) in [6.07, 6.45) is 3.40. The number of likely N-dealkylation sites (tertiary alicyclic amines) is 1. The molecule has 90 valence electrons. The van der Waals surface area contributed by atoms with Crippen LogP contribution >= 0.6 is 0 Å². The van der Waals surface area contributed by atoms with Gasteiger partial charge in [0.2, 0.25) is 5.91 Å². The lowest BCUT2D eigenvalue weighted by molar-refractivity contribution is -0.126. The quantitative estimate of drug-likeness (QED) is 0.778. The lowest BCUT2D eigenvalue weighted by Gasteiger charge is -2.31. The Morgan fingerprint density at radius 3 is 2.67 bits per heavy atom. The molecule has 1 fully saturated rings. The predicted molar refractivity (Wildman–Crippen MR) is 64.9 cm³/mol. The van der Waals surface area contributed by atoms with Crippen LogP contribution in [0, 0.1) is 5.92 Å².